The summed E-state index contributed by atoms with van der Waals surface area (Å²) < 4.78 is 7.00. The lowest BCUT2D eigenvalue weighted by Crippen LogP contribution is -2.18. The van der Waals surface area contributed by atoms with Crippen LogP contribution in [0.25, 0.3) is 0 Å². The molecule has 0 aliphatic carbocycles. The molecule has 120 valence electrons. The van der Waals surface area contributed by atoms with Crippen LogP contribution in [0, 0.1) is 0 Å². The fraction of sp³-hybridized carbons (Fsp3) is 0.125. The predicted molar refractivity (Wildman–Crippen MR) is 96.2 cm³/mol. The van der Waals surface area contributed by atoms with Gasteiger partial charge in [-0.1, -0.05) is 31.9 Å². The smallest absolute Gasteiger partial charge is 0.275 e. The van der Waals surface area contributed by atoms with Crippen LogP contribution >= 0.6 is 31.9 Å². The minimum Gasteiger partial charge on any atom is -0.507 e. The molecule has 7 heteroatoms. The summed E-state index contributed by atoms with van der Waals surface area (Å²) in [5.41, 5.74) is 3.28. The Morgan fingerprint density at radius 2 is 1.96 bits per heavy atom. The van der Waals surface area contributed by atoms with Gasteiger partial charge in [-0.3, -0.25) is 4.79 Å². The molecule has 0 aliphatic heterocycles. The van der Waals surface area contributed by atoms with Crippen LogP contribution in [0.4, 0.5) is 0 Å². The van der Waals surface area contributed by atoms with E-state index in [4.69, 9.17) is 4.74 Å². The molecule has 23 heavy (non-hydrogen) atoms. The Balaban J connectivity index is 2.15. The van der Waals surface area contributed by atoms with E-state index in [2.05, 4.69) is 42.4 Å². The first kappa shape index (κ1) is 17.5. The van der Waals surface area contributed by atoms with Crippen LogP contribution in [-0.2, 0) is 0 Å². The van der Waals surface area contributed by atoms with Crippen molar-refractivity contribution >= 4 is 44.0 Å². The topological polar surface area (TPSA) is 70.9 Å². The maximum absolute atomic E-state index is 12.2. The molecule has 0 unspecified atom stereocenters. The quantitative estimate of drug-likeness (QED) is 0.542. The second-order valence-corrected chi connectivity index (χ2v) is 6.31. The van der Waals surface area contributed by atoms with Crippen molar-refractivity contribution in [3.8, 4) is 11.5 Å². The predicted octanol–water partition coefficient (Wildman–Crippen LogP) is 4.08. The average molecular weight is 442 g/mol. The molecule has 0 aromatic heterocycles. The van der Waals surface area contributed by atoms with Crippen molar-refractivity contribution < 1.29 is 14.6 Å². The summed E-state index contributed by atoms with van der Waals surface area (Å²) in [6.07, 6.45) is 1.37. The third-order valence-electron chi connectivity index (χ3n) is 2.85. The Bertz CT molecular complexity index is 748. The van der Waals surface area contributed by atoms with Crippen LogP contribution in [0.3, 0.4) is 0 Å². The van der Waals surface area contributed by atoms with Crippen molar-refractivity contribution in [1.82, 2.24) is 5.43 Å². The minimum atomic E-state index is -0.402. The summed E-state index contributed by atoms with van der Waals surface area (Å²) in [7, 11) is 0. The van der Waals surface area contributed by atoms with E-state index >= 15 is 0 Å². The lowest BCUT2D eigenvalue weighted by atomic mass is 10.2. The second kappa shape index (κ2) is 8.12. The zero-order valence-electron chi connectivity index (χ0n) is 12.2. The van der Waals surface area contributed by atoms with Crippen molar-refractivity contribution in [2.45, 2.75) is 6.92 Å². The molecule has 0 bridgehead atoms. The van der Waals surface area contributed by atoms with Gasteiger partial charge in [-0.25, -0.2) is 5.43 Å². The third-order valence-corrected chi connectivity index (χ3v) is 3.83. The number of halogens is 2. The van der Waals surface area contributed by atoms with Crippen LogP contribution in [0.2, 0.25) is 0 Å². The van der Waals surface area contributed by atoms with E-state index in [1.165, 1.54) is 12.3 Å². The molecule has 1 amide bonds. The molecule has 0 fully saturated rings. The number of hydrogen-bond acceptors (Lipinski definition) is 4. The van der Waals surface area contributed by atoms with Gasteiger partial charge in [-0.15, -0.1) is 0 Å². The summed E-state index contributed by atoms with van der Waals surface area (Å²) in [4.78, 5) is 12.2. The summed E-state index contributed by atoms with van der Waals surface area (Å²) in [5, 5.41) is 13.6. The van der Waals surface area contributed by atoms with Gasteiger partial charge in [-0.05, 0) is 43.3 Å². The van der Waals surface area contributed by atoms with Crippen molar-refractivity contribution in [1.29, 1.82) is 0 Å². The number of nitrogens with zero attached hydrogens (tertiary/aromatic N) is 1. The number of phenols is 1. The SMILES string of the molecule is CCOc1ccc(Br)cc1C(=O)N/N=C\c1cc(Br)ccc1O. The third kappa shape index (κ3) is 4.80. The summed E-state index contributed by atoms with van der Waals surface area (Å²) in [6, 6.07) is 10.1. The van der Waals surface area contributed by atoms with Crippen LogP contribution < -0.4 is 10.2 Å². The van der Waals surface area contributed by atoms with E-state index in [9.17, 15) is 9.90 Å². The van der Waals surface area contributed by atoms with Crippen molar-refractivity contribution in [3.63, 3.8) is 0 Å². The molecular formula is C16H14Br2N2O3. The van der Waals surface area contributed by atoms with E-state index in [-0.39, 0.29) is 5.75 Å². The maximum Gasteiger partial charge on any atom is 0.275 e. The highest BCUT2D eigenvalue weighted by molar-refractivity contribution is 9.10. The van der Waals surface area contributed by atoms with Crippen molar-refractivity contribution in [3.05, 3.63) is 56.5 Å². The van der Waals surface area contributed by atoms with E-state index in [0.717, 1.165) is 8.95 Å². The molecule has 0 heterocycles. The van der Waals surface area contributed by atoms with Crippen molar-refractivity contribution in [2.24, 2.45) is 5.10 Å². The van der Waals surface area contributed by atoms with Crippen molar-refractivity contribution in [2.75, 3.05) is 6.61 Å². The fourth-order valence-corrected chi connectivity index (χ4v) is 2.55. The van der Waals surface area contributed by atoms with E-state index in [0.29, 0.717) is 23.5 Å². The number of nitrogens with one attached hydrogen (secondary N) is 1. The molecule has 0 radical (unpaired) electrons. The molecule has 0 aliphatic rings. The number of rotatable bonds is 5. The van der Waals surface area contributed by atoms with Gasteiger partial charge < -0.3 is 9.84 Å². The first-order chi connectivity index (χ1) is 11.0. The molecule has 2 N–H and O–H groups in total. The van der Waals surface area contributed by atoms with Gasteiger partial charge in [0.2, 0.25) is 0 Å². The van der Waals surface area contributed by atoms with Crippen LogP contribution in [0.15, 0.2) is 50.4 Å². The van der Waals surface area contributed by atoms with Gasteiger partial charge in [0.25, 0.3) is 5.91 Å². The second-order valence-electron chi connectivity index (χ2n) is 4.48. The highest BCUT2D eigenvalue weighted by atomic mass is 79.9. The fourth-order valence-electron chi connectivity index (χ4n) is 1.81. The van der Waals surface area contributed by atoms with Crippen LogP contribution in [0.5, 0.6) is 11.5 Å². The van der Waals surface area contributed by atoms with Gasteiger partial charge in [-0.2, -0.15) is 5.10 Å². The Morgan fingerprint density at radius 1 is 1.26 bits per heavy atom. The van der Waals surface area contributed by atoms with E-state index in [1.807, 2.05) is 6.92 Å². The Kier molecular flexibility index (Phi) is 6.18. The lowest BCUT2D eigenvalue weighted by molar-refractivity contribution is 0.0951. The Labute approximate surface area is 150 Å². The number of carbonyl (C=O) groups is 1. The molecule has 0 atom stereocenters. The number of phenolic OH excluding ortho intramolecular Hbond substituents is 1. The number of amides is 1. The highest BCUT2D eigenvalue weighted by Gasteiger charge is 2.12. The van der Waals surface area contributed by atoms with E-state index in [1.54, 1.807) is 30.3 Å². The van der Waals surface area contributed by atoms with Gasteiger partial charge in [0.15, 0.2) is 0 Å². The number of hydrazone groups is 1. The number of aromatic hydroxyl groups is 1. The molecule has 0 spiro atoms. The molecule has 0 saturated carbocycles. The summed E-state index contributed by atoms with van der Waals surface area (Å²) in [6.45, 7) is 2.30. The molecule has 0 saturated heterocycles. The lowest BCUT2D eigenvalue weighted by Gasteiger charge is -2.09. The molecule has 2 rings (SSSR count). The van der Waals surface area contributed by atoms with Gasteiger partial charge in [0.1, 0.15) is 11.5 Å². The Hall–Kier alpha value is -1.86. The maximum atomic E-state index is 12.2. The highest BCUT2D eigenvalue weighted by Crippen LogP contribution is 2.23. The van der Waals surface area contributed by atoms with Gasteiger partial charge in [0.05, 0.1) is 18.4 Å². The first-order valence-corrected chi connectivity index (χ1v) is 8.34. The normalized spacial score (nSPS) is 10.7. The first-order valence-electron chi connectivity index (χ1n) is 6.75. The molecule has 2 aromatic rings. The molecule has 5 nitrogen and oxygen atoms in total. The number of hydrogen-bond donors (Lipinski definition) is 2. The molecular weight excluding hydrogens is 428 g/mol. The Morgan fingerprint density at radius 3 is 2.70 bits per heavy atom. The summed E-state index contributed by atoms with van der Waals surface area (Å²) in [5.74, 6) is 0.151. The zero-order chi connectivity index (χ0) is 16.8. The van der Waals surface area contributed by atoms with Gasteiger partial charge in [0, 0.05) is 14.5 Å². The van der Waals surface area contributed by atoms with E-state index < -0.39 is 5.91 Å². The number of ether oxygens (including phenoxy) is 1. The molecule has 2 aromatic carbocycles. The monoisotopic (exact) mass is 440 g/mol. The summed E-state index contributed by atoms with van der Waals surface area (Å²) >= 11 is 6.63. The van der Waals surface area contributed by atoms with Crippen LogP contribution in [-0.4, -0.2) is 23.8 Å². The zero-order valence-corrected chi connectivity index (χ0v) is 15.4. The van der Waals surface area contributed by atoms with Gasteiger partial charge >= 0.3 is 0 Å². The number of carbonyl (C=O) groups excluding carboxylic acids is 1. The standard InChI is InChI=1S/C16H14Br2N2O3/c1-2-23-15-6-4-12(18)8-13(15)16(22)20-19-9-10-7-11(17)3-5-14(10)21/h3-9,21H,2H2,1H3,(H,20,22)/b19-9-. The average Bonchev–Trinajstić information content (AvgIpc) is 2.52. The van der Waals surface area contributed by atoms with Crippen LogP contribution in [0.1, 0.15) is 22.8 Å². The number of benzene rings is 2. The minimum absolute atomic E-state index is 0.0728. The largest absolute Gasteiger partial charge is 0.507 e.